The monoisotopic (exact) mass is 332 g/mol. The van der Waals surface area contributed by atoms with Gasteiger partial charge < -0.3 is 14.8 Å². The molecule has 2 aromatic heterocycles. The fourth-order valence-electron chi connectivity index (χ4n) is 2.05. The van der Waals surface area contributed by atoms with Crippen molar-refractivity contribution < 1.29 is 0 Å². The molecule has 0 saturated carbocycles. The van der Waals surface area contributed by atoms with E-state index in [-0.39, 0.29) is 0 Å². The number of aryl methyl sites for hydroxylation is 1. The summed E-state index contributed by atoms with van der Waals surface area (Å²) in [4.78, 5) is 8.18. The van der Waals surface area contributed by atoms with E-state index in [0.717, 1.165) is 30.6 Å². The molecular weight excluding hydrogens is 308 g/mol. The number of aromatic nitrogens is 3. The Kier molecular flexibility index (Phi) is 6.34. The Balaban J connectivity index is 2.00. The zero-order valence-electron chi connectivity index (χ0n) is 14.0. The topological polar surface area (TPSA) is 58.3 Å². The summed E-state index contributed by atoms with van der Waals surface area (Å²) in [5.41, 5.74) is 0. The third-order valence-corrected chi connectivity index (χ3v) is 4.53. The van der Waals surface area contributed by atoms with E-state index in [9.17, 15) is 0 Å². The van der Waals surface area contributed by atoms with Gasteiger partial charge >= 0.3 is 0 Å². The molecule has 0 unspecified atom stereocenters. The van der Waals surface area contributed by atoms with Gasteiger partial charge in [-0.15, -0.1) is 28.1 Å². The molecule has 0 aliphatic rings. The quantitative estimate of drug-likeness (QED) is 0.479. The highest BCUT2D eigenvalue weighted by atomic mass is 32.1. The van der Waals surface area contributed by atoms with Crippen molar-refractivity contribution in [1.82, 2.24) is 25.0 Å². The van der Waals surface area contributed by atoms with Crippen molar-refractivity contribution in [3.8, 4) is 0 Å². The van der Waals surface area contributed by atoms with Crippen LogP contribution in [0.15, 0.2) is 35.2 Å². The van der Waals surface area contributed by atoms with Crippen molar-refractivity contribution in [3.63, 3.8) is 0 Å². The average Bonchev–Trinajstić information content (AvgIpc) is 3.17. The Morgan fingerprint density at radius 1 is 1.52 bits per heavy atom. The summed E-state index contributed by atoms with van der Waals surface area (Å²) in [6.07, 6.45) is 2.83. The summed E-state index contributed by atoms with van der Waals surface area (Å²) < 4.78 is 1.96. The lowest BCUT2D eigenvalue weighted by molar-refractivity contribution is 0.487. The van der Waals surface area contributed by atoms with Gasteiger partial charge in [-0.3, -0.25) is 0 Å². The van der Waals surface area contributed by atoms with Crippen molar-refractivity contribution >= 4 is 17.3 Å². The van der Waals surface area contributed by atoms with Crippen LogP contribution in [0.4, 0.5) is 0 Å². The maximum atomic E-state index is 4.67. The van der Waals surface area contributed by atoms with Crippen molar-refractivity contribution in [1.29, 1.82) is 0 Å². The summed E-state index contributed by atoms with van der Waals surface area (Å²) in [6.45, 7) is 7.77. The largest absolute Gasteiger partial charge is 0.353 e. The number of likely N-dealkylation sites (N-methyl/N-ethyl adjacent to an activating group) is 1. The molecule has 0 fully saturated rings. The smallest absolute Gasteiger partial charge is 0.194 e. The molecule has 7 heteroatoms. The fourth-order valence-corrected chi connectivity index (χ4v) is 2.75. The van der Waals surface area contributed by atoms with E-state index in [1.807, 2.05) is 31.7 Å². The lowest BCUT2D eigenvalue weighted by atomic mass is 10.3. The first kappa shape index (κ1) is 17.2. The van der Waals surface area contributed by atoms with Crippen molar-refractivity contribution in [2.45, 2.75) is 19.9 Å². The van der Waals surface area contributed by atoms with E-state index in [0.29, 0.717) is 13.1 Å². The number of guanidine groups is 1. The summed E-state index contributed by atoms with van der Waals surface area (Å²) in [5, 5.41) is 13.6. The van der Waals surface area contributed by atoms with Crippen LogP contribution in [0.3, 0.4) is 0 Å². The van der Waals surface area contributed by atoms with Crippen LogP contribution in [0.25, 0.3) is 0 Å². The van der Waals surface area contributed by atoms with Gasteiger partial charge in [0.1, 0.15) is 12.4 Å². The zero-order chi connectivity index (χ0) is 16.7. The molecule has 0 aliphatic carbocycles. The van der Waals surface area contributed by atoms with Crippen LogP contribution in [0.5, 0.6) is 0 Å². The first-order chi connectivity index (χ1) is 11.1. The number of aliphatic imine (C=N–C) groups is 1. The van der Waals surface area contributed by atoms with Crippen LogP contribution < -0.4 is 5.32 Å². The van der Waals surface area contributed by atoms with E-state index in [2.05, 4.69) is 49.5 Å². The first-order valence-electron chi connectivity index (χ1n) is 7.59. The molecule has 0 saturated heterocycles. The minimum Gasteiger partial charge on any atom is -0.353 e. The van der Waals surface area contributed by atoms with Gasteiger partial charge in [-0.25, -0.2) is 4.99 Å². The molecule has 23 heavy (non-hydrogen) atoms. The van der Waals surface area contributed by atoms with E-state index < -0.39 is 0 Å². The number of nitrogens with zero attached hydrogens (tertiary/aromatic N) is 5. The van der Waals surface area contributed by atoms with Gasteiger partial charge in [0.25, 0.3) is 0 Å². The maximum Gasteiger partial charge on any atom is 0.194 e. The van der Waals surface area contributed by atoms with Crippen LogP contribution in [-0.4, -0.2) is 45.8 Å². The van der Waals surface area contributed by atoms with Gasteiger partial charge in [-0.2, -0.15) is 0 Å². The van der Waals surface area contributed by atoms with E-state index in [1.54, 1.807) is 11.3 Å². The molecule has 1 N–H and O–H groups in total. The van der Waals surface area contributed by atoms with Crippen molar-refractivity contribution in [2.75, 3.05) is 20.1 Å². The van der Waals surface area contributed by atoms with Crippen LogP contribution in [0.2, 0.25) is 0 Å². The predicted molar refractivity (Wildman–Crippen MR) is 95.7 cm³/mol. The Hall–Kier alpha value is -2.15. The predicted octanol–water partition coefficient (Wildman–Crippen LogP) is 1.99. The van der Waals surface area contributed by atoms with Gasteiger partial charge in [0.05, 0.1) is 0 Å². The molecule has 124 valence electrons. The Morgan fingerprint density at radius 2 is 2.35 bits per heavy atom. The SMILES string of the molecule is C=CCNC(=NCc1nnc(C)n1C)N(C)CCc1cccs1. The minimum absolute atomic E-state index is 0.500. The lowest BCUT2D eigenvalue weighted by Gasteiger charge is -2.21. The Morgan fingerprint density at radius 3 is 2.96 bits per heavy atom. The third kappa shape index (κ3) is 4.92. The van der Waals surface area contributed by atoms with Gasteiger partial charge in [0.15, 0.2) is 11.8 Å². The Bertz CT molecular complexity index is 644. The average molecular weight is 332 g/mol. The number of nitrogens with one attached hydrogen (secondary N) is 1. The molecule has 0 radical (unpaired) electrons. The summed E-state index contributed by atoms with van der Waals surface area (Å²) >= 11 is 1.78. The van der Waals surface area contributed by atoms with Gasteiger partial charge in [-0.1, -0.05) is 12.1 Å². The molecule has 2 heterocycles. The summed E-state index contributed by atoms with van der Waals surface area (Å²) in [5.74, 6) is 2.59. The molecule has 6 nitrogen and oxygen atoms in total. The number of rotatable bonds is 7. The number of hydrogen-bond acceptors (Lipinski definition) is 4. The van der Waals surface area contributed by atoms with Crippen molar-refractivity contribution in [2.24, 2.45) is 12.0 Å². The second-order valence-electron chi connectivity index (χ2n) is 5.28. The highest BCUT2D eigenvalue weighted by Crippen LogP contribution is 2.09. The van der Waals surface area contributed by atoms with Crippen LogP contribution in [0, 0.1) is 6.92 Å². The molecule has 2 rings (SSSR count). The van der Waals surface area contributed by atoms with E-state index >= 15 is 0 Å². The molecular formula is C16H24N6S. The highest BCUT2D eigenvalue weighted by Gasteiger charge is 2.08. The second kappa shape index (κ2) is 8.47. The maximum absolute atomic E-state index is 4.67. The summed E-state index contributed by atoms with van der Waals surface area (Å²) in [6, 6.07) is 4.25. The number of thiophene rings is 1. The van der Waals surface area contributed by atoms with Gasteiger partial charge in [0.2, 0.25) is 0 Å². The molecule has 0 atom stereocenters. The fraction of sp³-hybridized carbons (Fsp3) is 0.438. The van der Waals surface area contributed by atoms with Gasteiger partial charge in [0, 0.05) is 32.1 Å². The number of hydrogen-bond donors (Lipinski definition) is 1. The van der Waals surface area contributed by atoms with Crippen LogP contribution in [0.1, 0.15) is 16.5 Å². The Labute approximate surface area is 141 Å². The second-order valence-corrected chi connectivity index (χ2v) is 6.32. The molecule has 0 spiro atoms. The lowest BCUT2D eigenvalue weighted by Crippen LogP contribution is -2.40. The van der Waals surface area contributed by atoms with Crippen LogP contribution >= 0.6 is 11.3 Å². The van der Waals surface area contributed by atoms with Crippen molar-refractivity contribution in [3.05, 3.63) is 46.7 Å². The van der Waals surface area contributed by atoms with Gasteiger partial charge in [-0.05, 0) is 24.8 Å². The summed E-state index contributed by atoms with van der Waals surface area (Å²) in [7, 11) is 4.00. The highest BCUT2D eigenvalue weighted by molar-refractivity contribution is 7.09. The zero-order valence-corrected chi connectivity index (χ0v) is 14.8. The molecule has 0 amide bonds. The van der Waals surface area contributed by atoms with E-state index in [1.165, 1.54) is 4.88 Å². The molecule has 0 aliphatic heterocycles. The first-order valence-corrected chi connectivity index (χ1v) is 8.47. The molecule has 0 bridgehead atoms. The third-order valence-electron chi connectivity index (χ3n) is 3.59. The van der Waals surface area contributed by atoms with E-state index in [4.69, 9.17) is 0 Å². The normalized spacial score (nSPS) is 11.5. The molecule has 2 aromatic rings. The minimum atomic E-state index is 0.500. The molecule has 0 aromatic carbocycles. The standard InChI is InChI=1S/C16H24N6S/c1-5-9-17-16(18-12-15-20-19-13(2)22(15)4)21(3)10-8-14-7-6-11-23-14/h5-7,11H,1,8-10,12H2,2-4H3,(H,17,18). The van der Waals surface area contributed by atoms with Crippen LogP contribution in [-0.2, 0) is 20.0 Å².